The molecule has 4 nitrogen and oxygen atoms in total. The molecule has 0 spiro atoms. The largest absolute Gasteiger partial charge is 0.345 e. The van der Waals surface area contributed by atoms with Crippen molar-refractivity contribution in [2.24, 2.45) is 0 Å². The van der Waals surface area contributed by atoms with E-state index in [0.717, 1.165) is 11.3 Å². The lowest BCUT2D eigenvalue weighted by molar-refractivity contribution is 0.0941. The van der Waals surface area contributed by atoms with Gasteiger partial charge in [0.25, 0.3) is 5.91 Å². The number of hydrogen-bond donors (Lipinski definition) is 3. The van der Waals surface area contributed by atoms with Crippen molar-refractivity contribution in [2.45, 2.75) is 13.0 Å². The summed E-state index contributed by atoms with van der Waals surface area (Å²) < 4.78 is 0. The fourth-order valence-electron chi connectivity index (χ4n) is 2.71. The molecule has 1 atom stereocenters. The van der Waals surface area contributed by atoms with Crippen LogP contribution in [-0.4, -0.2) is 11.0 Å². The van der Waals surface area contributed by atoms with E-state index in [0.29, 0.717) is 21.4 Å². The summed E-state index contributed by atoms with van der Waals surface area (Å²) in [6, 6.07) is 24.2. The predicted molar refractivity (Wildman–Crippen MR) is 120 cm³/mol. The maximum Gasteiger partial charge on any atom is 0.253 e. The van der Waals surface area contributed by atoms with Gasteiger partial charge in [-0.05, 0) is 61.1 Å². The summed E-state index contributed by atoms with van der Waals surface area (Å²) in [5.41, 5.74) is 3.00. The molecule has 1 unspecified atom stereocenters. The first-order chi connectivity index (χ1) is 13.5. The van der Waals surface area contributed by atoms with Gasteiger partial charge in [0.1, 0.15) is 0 Å². The van der Waals surface area contributed by atoms with Crippen LogP contribution in [0.2, 0.25) is 5.02 Å². The Kier molecular flexibility index (Phi) is 6.63. The molecule has 0 heterocycles. The van der Waals surface area contributed by atoms with Crippen LogP contribution in [0.15, 0.2) is 78.9 Å². The first-order valence-electron chi connectivity index (χ1n) is 8.81. The SMILES string of the molecule is CC(NC(=O)c1ccccc1NC(=S)Nc1ccc(Cl)cc1)c1ccccc1. The van der Waals surface area contributed by atoms with E-state index < -0.39 is 0 Å². The molecule has 0 bridgehead atoms. The van der Waals surface area contributed by atoms with E-state index in [1.807, 2.05) is 67.6 Å². The highest BCUT2D eigenvalue weighted by Crippen LogP contribution is 2.19. The monoisotopic (exact) mass is 409 g/mol. The molecule has 0 saturated heterocycles. The average Bonchev–Trinajstić information content (AvgIpc) is 2.70. The number of carbonyl (C=O) groups is 1. The Balaban J connectivity index is 1.69. The number of nitrogens with one attached hydrogen (secondary N) is 3. The topological polar surface area (TPSA) is 53.2 Å². The summed E-state index contributed by atoms with van der Waals surface area (Å²) in [6.07, 6.45) is 0. The zero-order chi connectivity index (χ0) is 19.9. The van der Waals surface area contributed by atoms with Crippen LogP contribution in [0.1, 0.15) is 28.9 Å². The van der Waals surface area contributed by atoms with Crippen molar-refractivity contribution in [1.29, 1.82) is 0 Å². The lowest BCUT2D eigenvalue weighted by Crippen LogP contribution is -2.28. The number of rotatable bonds is 5. The first kappa shape index (κ1) is 19.9. The van der Waals surface area contributed by atoms with Gasteiger partial charge in [-0.1, -0.05) is 54.1 Å². The highest BCUT2D eigenvalue weighted by atomic mass is 35.5. The molecule has 3 aromatic carbocycles. The van der Waals surface area contributed by atoms with Gasteiger partial charge in [0.05, 0.1) is 17.3 Å². The second kappa shape index (κ2) is 9.35. The van der Waals surface area contributed by atoms with Crippen molar-refractivity contribution in [1.82, 2.24) is 5.32 Å². The molecule has 3 rings (SSSR count). The van der Waals surface area contributed by atoms with Crippen LogP contribution >= 0.6 is 23.8 Å². The van der Waals surface area contributed by atoms with E-state index in [1.54, 1.807) is 18.2 Å². The van der Waals surface area contributed by atoms with Crippen molar-refractivity contribution >= 4 is 46.2 Å². The Morgan fingerprint density at radius 1 is 0.893 bits per heavy atom. The van der Waals surface area contributed by atoms with Gasteiger partial charge in [0, 0.05) is 10.7 Å². The van der Waals surface area contributed by atoms with E-state index in [2.05, 4.69) is 16.0 Å². The van der Waals surface area contributed by atoms with Gasteiger partial charge in [0.2, 0.25) is 0 Å². The van der Waals surface area contributed by atoms with E-state index in [1.165, 1.54) is 0 Å². The first-order valence-corrected chi connectivity index (χ1v) is 9.60. The van der Waals surface area contributed by atoms with Crippen molar-refractivity contribution in [3.63, 3.8) is 0 Å². The van der Waals surface area contributed by atoms with Crippen LogP contribution in [0.3, 0.4) is 0 Å². The summed E-state index contributed by atoms with van der Waals surface area (Å²) in [5.74, 6) is -0.172. The molecule has 0 radical (unpaired) electrons. The summed E-state index contributed by atoms with van der Waals surface area (Å²) >= 11 is 11.3. The van der Waals surface area contributed by atoms with Gasteiger partial charge < -0.3 is 16.0 Å². The molecule has 0 aliphatic rings. The van der Waals surface area contributed by atoms with Gasteiger partial charge in [-0.15, -0.1) is 0 Å². The number of anilines is 2. The molecule has 3 aromatic rings. The van der Waals surface area contributed by atoms with E-state index >= 15 is 0 Å². The standard InChI is InChI=1S/C22H20ClN3OS/c1-15(16-7-3-2-4-8-16)24-21(27)19-9-5-6-10-20(19)26-22(28)25-18-13-11-17(23)12-14-18/h2-15H,1H3,(H,24,27)(H2,25,26,28). The van der Waals surface area contributed by atoms with E-state index in [-0.39, 0.29) is 11.9 Å². The number of benzene rings is 3. The molecule has 3 N–H and O–H groups in total. The second-order valence-electron chi connectivity index (χ2n) is 6.24. The van der Waals surface area contributed by atoms with Crippen LogP contribution in [-0.2, 0) is 0 Å². The molecule has 0 aromatic heterocycles. The highest BCUT2D eigenvalue weighted by Gasteiger charge is 2.15. The van der Waals surface area contributed by atoms with Crippen LogP contribution in [0.4, 0.5) is 11.4 Å². The van der Waals surface area contributed by atoms with Crippen molar-refractivity contribution < 1.29 is 4.79 Å². The van der Waals surface area contributed by atoms with Crippen LogP contribution in [0, 0.1) is 0 Å². The zero-order valence-electron chi connectivity index (χ0n) is 15.3. The summed E-state index contributed by atoms with van der Waals surface area (Å²) in [5, 5.41) is 10.2. The molecular formula is C22H20ClN3OS. The molecular weight excluding hydrogens is 390 g/mol. The number of halogens is 1. The quantitative estimate of drug-likeness (QED) is 0.477. The number of hydrogen-bond acceptors (Lipinski definition) is 2. The van der Waals surface area contributed by atoms with Crippen LogP contribution in [0.5, 0.6) is 0 Å². The van der Waals surface area contributed by atoms with E-state index in [4.69, 9.17) is 23.8 Å². The lowest BCUT2D eigenvalue weighted by Gasteiger charge is -2.17. The normalized spacial score (nSPS) is 11.4. The summed E-state index contributed by atoms with van der Waals surface area (Å²) in [7, 11) is 0. The van der Waals surface area contributed by atoms with Crippen molar-refractivity contribution in [3.8, 4) is 0 Å². The molecule has 1 amide bonds. The average molecular weight is 410 g/mol. The van der Waals surface area contributed by atoms with Crippen molar-refractivity contribution in [2.75, 3.05) is 10.6 Å². The second-order valence-corrected chi connectivity index (χ2v) is 7.08. The molecule has 0 aliphatic carbocycles. The fourth-order valence-corrected chi connectivity index (χ4v) is 3.06. The fraction of sp³-hybridized carbons (Fsp3) is 0.0909. The van der Waals surface area contributed by atoms with Gasteiger partial charge in [-0.3, -0.25) is 4.79 Å². The summed E-state index contributed by atoms with van der Waals surface area (Å²) in [6.45, 7) is 1.95. The minimum Gasteiger partial charge on any atom is -0.345 e. The minimum absolute atomic E-state index is 0.110. The predicted octanol–water partition coefficient (Wildman–Crippen LogP) is 5.64. The Bertz CT molecular complexity index is 961. The van der Waals surface area contributed by atoms with Gasteiger partial charge in [-0.25, -0.2) is 0 Å². The molecule has 0 saturated carbocycles. The lowest BCUT2D eigenvalue weighted by atomic mass is 10.1. The van der Waals surface area contributed by atoms with Crippen molar-refractivity contribution in [3.05, 3.63) is 95.0 Å². The number of thiocarbonyl (C=S) groups is 1. The maximum absolute atomic E-state index is 12.8. The van der Waals surface area contributed by atoms with Gasteiger partial charge >= 0.3 is 0 Å². The number of amides is 1. The Hall–Kier alpha value is -2.89. The third kappa shape index (κ3) is 5.31. The Labute approximate surface area is 174 Å². The molecule has 6 heteroatoms. The van der Waals surface area contributed by atoms with Gasteiger partial charge in [-0.2, -0.15) is 0 Å². The molecule has 0 fully saturated rings. The highest BCUT2D eigenvalue weighted by molar-refractivity contribution is 7.80. The molecule has 28 heavy (non-hydrogen) atoms. The third-order valence-corrected chi connectivity index (χ3v) is 4.63. The van der Waals surface area contributed by atoms with Gasteiger partial charge in [0.15, 0.2) is 5.11 Å². The number of para-hydroxylation sites is 1. The maximum atomic E-state index is 12.8. The Morgan fingerprint density at radius 2 is 1.54 bits per heavy atom. The molecule has 142 valence electrons. The third-order valence-electron chi connectivity index (χ3n) is 4.17. The zero-order valence-corrected chi connectivity index (χ0v) is 16.8. The summed E-state index contributed by atoms with van der Waals surface area (Å²) in [4.78, 5) is 12.8. The minimum atomic E-state index is -0.172. The van der Waals surface area contributed by atoms with Crippen LogP contribution in [0.25, 0.3) is 0 Å². The van der Waals surface area contributed by atoms with E-state index in [9.17, 15) is 4.79 Å². The smallest absolute Gasteiger partial charge is 0.253 e. The van der Waals surface area contributed by atoms with Crippen LogP contribution < -0.4 is 16.0 Å². The number of carbonyl (C=O) groups excluding carboxylic acids is 1. The molecule has 0 aliphatic heterocycles. The Morgan fingerprint density at radius 3 is 2.25 bits per heavy atom.